The van der Waals surface area contributed by atoms with Gasteiger partial charge in [0.25, 0.3) is 10.0 Å². The minimum absolute atomic E-state index is 0.109. The number of allylic oxidation sites excluding steroid dienone is 1. The number of hydrogen-bond acceptors (Lipinski definition) is 5. The molecule has 1 amide bonds. The number of amides is 1. The molecule has 160 valence electrons. The molecule has 0 saturated heterocycles. The fourth-order valence-electron chi connectivity index (χ4n) is 2.90. The highest BCUT2D eigenvalue weighted by Gasteiger charge is 2.40. The fourth-order valence-corrected chi connectivity index (χ4v) is 4.53. The van der Waals surface area contributed by atoms with Crippen molar-refractivity contribution < 1.29 is 28.4 Å². The van der Waals surface area contributed by atoms with Crippen molar-refractivity contribution in [1.29, 1.82) is 0 Å². The Bertz CT molecular complexity index is 1050. The molecule has 0 aliphatic carbocycles. The Labute approximate surface area is 176 Å². The normalized spacial score (nSPS) is 16.2. The molecule has 30 heavy (non-hydrogen) atoms. The fraction of sp³-hybridized carbons (Fsp3) is 0.238. The van der Waals surface area contributed by atoms with Gasteiger partial charge in [0.05, 0.1) is 23.7 Å². The summed E-state index contributed by atoms with van der Waals surface area (Å²) in [6, 6.07) is 13.3. The second-order valence-electron chi connectivity index (χ2n) is 6.45. The van der Waals surface area contributed by atoms with Crippen molar-refractivity contribution in [3.63, 3.8) is 0 Å². The number of primary amides is 1. The Balaban J connectivity index is 0.000000575. The van der Waals surface area contributed by atoms with Gasteiger partial charge in [-0.3, -0.25) is 13.9 Å². The number of fused-ring (bicyclic) bond motifs is 1. The van der Waals surface area contributed by atoms with E-state index in [1.165, 1.54) is 49.5 Å². The van der Waals surface area contributed by atoms with Crippen molar-refractivity contribution in [3.05, 3.63) is 71.4 Å². The van der Waals surface area contributed by atoms with E-state index in [0.29, 0.717) is 4.31 Å². The van der Waals surface area contributed by atoms with E-state index in [1.54, 1.807) is 18.2 Å². The predicted molar refractivity (Wildman–Crippen MR) is 110 cm³/mol. The van der Waals surface area contributed by atoms with Gasteiger partial charge in [0.1, 0.15) is 6.54 Å². The molecule has 2 aromatic rings. The zero-order valence-electron chi connectivity index (χ0n) is 16.9. The molecule has 1 aliphatic rings. The summed E-state index contributed by atoms with van der Waals surface area (Å²) in [5, 5.41) is 15.0. The van der Waals surface area contributed by atoms with Crippen LogP contribution in [0, 0.1) is 0 Å². The van der Waals surface area contributed by atoms with Crippen LogP contribution in [0.3, 0.4) is 0 Å². The van der Waals surface area contributed by atoms with E-state index >= 15 is 0 Å². The molecule has 2 aromatic carbocycles. The lowest BCUT2D eigenvalue weighted by atomic mass is 10.0. The number of benzene rings is 2. The molecule has 1 heterocycles. The average Bonchev–Trinajstić information content (AvgIpc) is 2.73. The van der Waals surface area contributed by atoms with Crippen LogP contribution in [0.2, 0.25) is 0 Å². The molecule has 0 atom stereocenters. The van der Waals surface area contributed by atoms with E-state index in [2.05, 4.69) is 19.2 Å². The SMILES string of the molecule is CC[NH2+]CC.NC(=O)CN1/C(=C(\[O-])c2ccccc2)C(=O)c2ccccc2S1(=O)=O. The predicted octanol–water partition coefficient (Wildman–Crippen LogP) is -0.322. The summed E-state index contributed by atoms with van der Waals surface area (Å²) < 4.78 is 26.1. The van der Waals surface area contributed by atoms with Crippen LogP contribution < -0.4 is 16.2 Å². The summed E-state index contributed by atoms with van der Waals surface area (Å²) >= 11 is 0. The number of ketones is 1. The number of Topliss-reactive ketones (excluding diaryl/α,β-unsaturated/α-hetero) is 1. The second kappa shape index (κ2) is 10.0. The van der Waals surface area contributed by atoms with Crippen molar-refractivity contribution in [2.24, 2.45) is 5.73 Å². The number of carbonyl (C=O) groups is 2. The number of carbonyl (C=O) groups excluding carboxylic acids is 2. The molecule has 0 bridgehead atoms. The van der Waals surface area contributed by atoms with Crippen molar-refractivity contribution in [2.75, 3.05) is 19.6 Å². The maximum Gasteiger partial charge on any atom is 0.265 e. The van der Waals surface area contributed by atoms with Crippen LogP contribution in [-0.2, 0) is 14.8 Å². The second-order valence-corrected chi connectivity index (χ2v) is 8.28. The molecule has 0 aromatic heterocycles. The first-order valence-electron chi connectivity index (χ1n) is 9.48. The number of quaternary nitrogens is 1. The van der Waals surface area contributed by atoms with Crippen molar-refractivity contribution in [3.8, 4) is 0 Å². The third kappa shape index (κ3) is 4.87. The number of sulfonamides is 1. The first kappa shape index (κ1) is 23.1. The maximum atomic E-state index is 12.8. The van der Waals surface area contributed by atoms with Crippen LogP contribution in [0.25, 0.3) is 5.76 Å². The van der Waals surface area contributed by atoms with Crippen LogP contribution in [0.1, 0.15) is 29.8 Å². The van der Waals surface area contributed by atoms with E-state index in [4.69, 9.17) is 5.73 Å². The van der Waals surface area contributed by atoms with Gasteiger partial charge in [0.2, 0.25) is 11.7 Å². The summed E-state index contributed by atoms with van der Waals surface area (Å²) in [5.74, 6) is -2.53. The van der Waals surface area contributed by atoms with Gasteiger partial charge in [-0.15, -0.1) is 0 Å². The molecule has 4 N–H and O–H groups in total. The summed E-state index contributed by atoms with van der Waals surface area (Å²) in [7, 11) is -4.26. The quantitative estimate of drug-likeness (QED) is 0.494. The number of nitrogens with zero attached hydrogens (tertiary/aromatic N) is 1. The molecular weight excluding hydrogens is 406 g/mol. The number of rotatable bonds is 5. The van der Waals surface area contributed by atoms with E-state index in [1.807, 2.05) is 0 Å². The maximum absolute atomic E-state index is 12.8. The van der Waals surface area contributed by atoms with Crippen LogP contribution in [0.5, 0.6) is 0 Å². The number of nitrogens with two attached hydrogens (primary N) is 2. The molecule has 8 nitrogen and oxygen atoms in total. The summed E-state index contributed by atoms with van der Waals surface area (Å²) in [5.41, 5.74) is 4.55. The first-order valence-corrected chi connectivity index (χ1v) is 10.9. The van der Waals surface area contributed by atoms with E-state index in [-0.39, 0.29) is 16.0 Å². The summed E-state index contributed by atoms with van der Waals surface area (Å²) in [6.45, 7) is 5.95. The average molecular weight is 432 g/mol. The smallest absolute Gasteiger partial charge is 0.265 e. The van der Waals surface area contributed by atoms with Gasteiger partial charge in [-0.1, -0.05) is 48.2 Å². The van der Waals surface area contributed by atoms with Crippen molar-refractivity contribution >= 4 is 27.5 Å². The largest absolute Gasteiger partial charge is 0.871 e. The highest BCUT2D eigenvalue weighted by molar-refractivity contribution is 7.89. The molecule has 9 heteroatoms. The Hall–Kier alpha value is -3.17. The Kier molecular flexibility index (Phi) is 7.73. The Morgan fingerprint density at radius 2 is 1.60 bits per heavy atom. The zero-order chi connectivity index (χ0) is 22.3. The lowest BCUT2D eigenvalue weighted by Gasteiger charge is -2.34. The van der Waals surface area contributed by atoms with E-state index < -0.39 is 39.7 Å². The van der Waals surface area contributed by atoms with Gasteiger partial charge >= 0.3 is 0 Å². The molecule has 0 fully saturated rings. The molecular formula is C21H25N3O5S. The van der Waals surface area contributed by atoms with Gasteiger partial charge in [0.15, 0.2) is 0 Å². The van der Waals surface area contributed by atoms with Crippen LogP contribution in [0.15, 0.2) is 65.2 Å². The van der Waals surface area contributed by atoms with Crippen molar-refractivity contribution in [1.82, 2.24) is 4.31 Å². The van der Waals surface area contributed by atoms with Gasteiger partial charge in [-0.2, -0.15) is 0 Å². The highest BCUT2D eigenvalue weighted by atomic mass is 32.2. The van der Waals surface area contributed by atoms with Crippen LogP contribution in [-0.4, -0.2) is 44.0 Å². The lowest BCUT2D eigenvalue weighted by molar-refractivity contribution is -0.648. The molecule has 1 aliphatic heterocycles. The first-order chi connectivity index (χ1) is 14.3. The van der Waals surface area contributed by atoms with Crippen LogP contribution in [0.4, 0.5) is 0 Å². The lowest BCUT2D eigenvalue weighted by Crippen LogP contribution is -2.82. The van der Waals surface area contributed by atoms with Crippen molar-refractivity contribution in [2.45, 2.75) is 18.7 Å². The Morgan fingerprint density at radius 3 is 2.13 bits per heavy atom. The number of hydrogen-bond donors (Lipinski definition) is 2. The highest BCUT2D eigenvalue weighted by Crippen LogP contribution is 2.34. The zero-order valence-corrected chi connectivity index (χ0v) is 17.7. The summed E-state index contributed by atoms with van der Waals surface area (Å²) in [6.07, 6.45) is 0. The summed E-state index contributed by atoms with van der Waals surface area (Å²) in [4.78, 5) is 23.9. The van der Waals surface area contributed by atoms with Crippen LogP contribution >= 0.6 is 0 Å². The van der Waals surface area contributed by atoms with Gasteiger partial charge in [-0.25, -0.2) is 8.42 Å². The third-order valence-corrected chi connectivity index (χ3v) is 6.10. The van der Waals surface area contributed by atoms with E-state index in [0.717, 1.165) is 0 Å². The minimum Gasteiger partial charge on any atom is -0.871 e. The van der Waals surface area contributed by atoms with E-state index in [9.17, 15) is 23.1 Å². The molecule has 3 rings (SSSR count). The van der Waals surface area contributed by atoms with Gasteiger partial charge in [-0.05, 0) is 31.5 Å². The standard InChI is InChI=1S/C17H14N2O5S.C4H11N/c18-14(20)10-19-15(16(21)11-6-2-1-3-7-11)17(22)12-8-4-5-9-13(12)25(19,23)24;1-3-5-4-2/h1-9,21H,10H2,(H2,18,20);5H,3-4H2,1-2H3/b16-15-;. The van der Waals surface area contributed by atoms with Gasteiger partial charge < -0.3 is 16.2 Å². The monoisotopic (exact) mass is 431 g/mol. The minimum atomic E-state index is -4.26. The molecule has 0 spiro atoms. The molecule has 0 radical (unpaired) electrons. The Morgan fingerprint density at radius 1 is 1.03 bits per heavy atom. The molecule has 0 saturated carbocycles. The third-order valence-electron chi connectivity index (χ3n) is 4.29. The molecule has 0 unspecified atom stereocenters. The topological polar surface area (TPSA) is 137 Å². The van der Waals surface area contributed by atoms with Gasteiger partial charge in [0, 0.05) is 5.56 Å².